The van der Waals surface area contributed by atoms with Crippen LogP contribution in [0.4, 0.5) is 0 Å². The van der Waals surface area contributed by atoms with Crippen molar-refractivity contribution < 1.29 is 4.79 Å². The number of hydrogen-bond acceptors (Lipinski definition) is 5. The number of rotatable bonds is 5. The van der Waals surface area contributed by atoms with Crippen LogP contribution in [0.3, 0.4) is 0 Å². The molecule has 0 aliphatic carbocycles. The van der Waals surface area contributed by atoms with E-state index in [2.05, 4.69) is 27.8 Å². The molecule has 1 aliphatic heterocycles. The van der Waals surface area contributed by atoms with Gasteiger partial charge in [0.2, 0.25) is 0 Å². The van der Waals surface area contributed by atoms with Crippen LogP contribution in [0.2, 0.25) is 0 Å². The summed E-state index contributed by atoms with van der Waals surface area (Å²) in [6.07, 6.45) is 2.49. The van der Waals surface area contributed by atoms with Crippen molar-refractivity contribution in [1.29, 1.82) is 0 Å². The summed E-state index contributed by atoms with van der Waals surface area (Å²) in [5, 5.41) is 14.2. The Balaban J connectivity index is 1.77. The first-order valence-corrected chi connectivity index (χ1v) is 7.14. The molecular formula is C14H18N6O. The van der Waals surface area contributed by atoms with E-state index < -0.39 is 0 Å². The van der Waals surface area contributed by atoms with Crippen molar-refractivity contribution in [2.24, 2.45) is 0 Å². The van der Waals surface area contributed by atoms with Gasteiger partial charge >= 0.3 is 0 Å². The van der Waals surface area contributed by atoms with E-state index in [4.69, 9.17) is 0 Å². The highest BCUT2D eigenvalue weighted by atomic mass is 16.2. The molecule has 0 saturated carbocycles. The van der Waals surface area contributed by atoms with Crippen molar-refractivity contribution in [3.63, 3.8) is 0 Å². The summed E-state index contributed by atoms with van der Waals surface area (Å²) in [6.45, 7) is 4.65. The van der Waals surface area contributed by atoms with E-state index >= 15 is 0 Å². The van der Waals surface area contributed by atoms with Gasteiger partial charge in [0.05, 0.1) is 11.7 Å². The first kappa shape index (κ1) is 13.7. The van der Waals surface area contributed by atoms with Crippen LogP contribution in [0.25, 0.3) is 5.69 Å². The maximum absolute atomic E-state index is 12.6. The van der Waals surface area contributed by atoms with Gasteiger partial charge in [-0.05, 0) is 41.1 Å². The van der Waals surface area contributed by atoms with Crippen LogP contribution in [0.5, 0.6) is 0 Å². The number of benzene rings is 1. The zero-order valence-corrected chi connectivity index (χ0v) is 11.9. The molecular weight excluding hydrogens is 268 g/mol. The van der Waals surface area contributed by atoms with Gasteiger partial charge in [-0.3, -0.25) is 4.79 Å². The Morgan fingerprint density at radius 2 is 2.14 bits per heavy atom. The first-order valence-electron chi connectivity index (χ1n) is 7.14. The lowest BCUT2D eigenvalue weighted by Crippen LogP contribution is -2.59. The number of carbonyl (C=O) groups excluding carboxylic acids is 1. The summed E-state index contributed by atoms with van der Waals surface area (Å²) in [4.78, 5) is 14.6. The van der Waals surface area contributed by atoms with Crippen molar-refractivity contribution >= 4 is 5.91 Å². The van der Waals surface area contributed by atoms with Crippen LogP contribution in [0, 0.1) is 0 Å². The molecule has 0 unspecified atom stereocenters. The minimum absolute atomic E-state index is 0.0895. The third kappa shape index (κ3) is 2.78. The van der Waals surface area contributed by atoms with E-state index in [1.165, 1.54) is 6.33 Å². The third-order valence-electron chi connectivity index (χ3n) is 3.65. The molecule has 1 aromatic heterocycles. The van der Waals surface area contributed by atoms with Crippen LogP contribution in [-0.2, 0) is 0 Å². The molecule has 110 valence electrons. The third-order valence-corrected chi connectivity index (χ3v) is 3.65. The average Bonchev–Trinajstić information content (AvgIpc) is 2.98. The highest BCUT2D eigenvalue weighted by Crippen LogP contribution is 2.14. The second-order valence-corrected chi connectivity index (χ2v) is 5.11. The van der Waals surface area contributed by atoms with Crippen molar-refractivity contribution in [3.8, 4) is 5.69 Å². The Morgan fingerprint density at radius 1 is 1.38 bits per heavy atom. The molecule has 0 spiro atoms. The molecule has 1 aromatic carbocycles. The molecule has 1 saturated heterocycles. The monoisotopic (exact) mass is 286 g/mol. The standard InChI is InChI=1S/C14H18N6O/c1-2-7-19(13-8-15-9-13)14(21)11-3-5-12(6-4-11)20-10-16-17-18-20/h3-6,10,13,15H,2,7-9H2,1H3. The van der Waals surface area contributed by atoms with E-state index in [1.54, 1.807) is 4.68 Å². The molecule has 2 heterocycles. The summed E-state index contributed by atoms with van der Waals surface area (Å²) in [5.41, 5.74) is 1.54. The lowest BCUT2D eigenvalue weighted by Gasteiger charge is -2.38. The largest absolute Gasteiger partial charge is 0.333 e. The van der Waals surface area contributed by atoms with Gasteiger partial charge in [-0.1, -0.05) is 6.92 Å². The number of nitrogens with one attached hydrogen (secondary N) is 1. The van der Waals surface area contributed by atoms with Crippen LogP contribution in [-0.4, -0.2) is 56.7 Å². The lowest BCUT2D eigenvalue weighted by atomic mass is 10.1. The maximum Gasteiger partial charge on any atom is 0.254 e. The SMILES string of the molecule is CCCN(C(=O)c1ccc(-n2cnnn2)cc1)C1CNC1. The van der Waals surface area contributed by atoms with Crippen molar-refractivity contribution in [2.75, 3.05) is 19.6 Å². The van der Waals surface area contributed by atoms with E-state index in [0.717, 1.165) is 31.7 Å². The van der Waals surface area contributed by atoms with Gasteiger partial charge in [-0.25, -0.2) is 4.68 Å². The predicted octanol–water partition coefficient (Wildman–Crippen LogP) is 0.486. The molecule has 0 radical (unpaired) electrons. The van der Waals surface area contributed by atoms with Gasteiger partial charge < -0.3 is 10.2 Å². The maximum atomic E-state index is 12.6. The van der Waals surface area contributed by atoms with Crippen LogP contribution in [0.1, 0.15) is 23.7 Å². The molecule has 1 fully saturated rings. The normalized spacial score (nSPS) is 14.7. The Hall–Kier alpha value is -2.28. The van der Waals surface area contributed by atoms with Gasteiger partial charge in [0, 0.05) is 25.2 Å². The summed E-state index contributed by atoms with van der Waals surface area (Å²) in [6, 6.07) is 7.68. The molecule has 1 aliphatic rings. The van der Waals surface area contributed by atoms with Crippen LogP contribution in [0.15, 0.2) is 30.6 Å². The van der Waals surface area contributed by atoms with Gasteiger partial charge in [-0.2, -0.15) is 0 Å². The first-order chi connectivity index (χ1) is 10.3. The summed E-state index contributed by atoms with van der Waals surface area (Å²) in [5.74, 6) is 0.0895. The number of amides is 1. The van der Waals surface area contributed by atoms with Crippen molar-refractivity contribution in [3.05, 3.63) is 36.2 Å². The summed E-state index contributed by atoms with van der Waals surface area (Å²) >= 11 is 0. The lowest BCUT2D eigenvalue weighted by molar-refractivity contribution is 0.0616. The second kappa shape index (κ2) is 6.01. The van der Waals surface area contributed by atoms with Gasteiger partial charge in [0.25, 0.3) is 5.91 Å². The van der Waals surface area contributed by atoms with E-state index in [1.807, 2.05) is 29.2 Å². The van der Waals surface area contributed by atoms with E-state index in [-0.39, 0.29) is 5.91 Å². The topological polar surface area (TPSA) is 75.9 Å². The molecule has 1 N–H and O–H groups in total. The zero-order chi connectivity index (χ0) is 14.7. The summed E-state index contributed by atoms with van der Waals surface area (Å²) in [7, 11) is 0. The quantitative estimate of drug-likeness (QED) is 0.865. The number of tetrazole rings is 1. The fraction of sp³-hybridized carbons (Fsp3) is 0.429. The number of carbonyl (C=O) groups is 1. The fourth-order valence-corrected chi connectivity index (χ4v) is 2.39. The predicted molar refractivity (Wildman–Crippen MR) is 77.1 cm³/mol. The molecule has 0 atom stereocenters. The molecule has 7 nitrogen and oxygen atoms in total. The molecule has 2 aromatic rings. The highest BCUT2D eigenvalue weighted by Gasteiger charge is 2.28. The van der Waals surface area contributed by atoms with Crippen LogP contribution >= 0.6 is 0 Å². The molecule has 3 rings (SSSR count). The Kier molecular flexibility index (Phi) is 3.92. The Bertz CT molecular complexity index is 590. The number of hydrogen-bond donors (Lipinski definition) is 1. The minimum Gasteiger partial charge on any atom is -0.333 e. The summed E-state index contributed by atoms with van der Waals surface area (Å²) < 4.78 is 1.56. The zero-order valence-electron chi connectivity index (χ0n) is 11.9. The van der Waals surface area contributed by atoms with Gasteiger partial charge in [-0.15, -0.1) is 5.10 Å². The molecule has 0 bridgehead atoms. The second-order valence-electron chi connectivity index (χ2n) is 5.11. The minimum atomic E-state index is 0.0895. The highest BCUT2D eigenvalue weighted by molar-refractivity contribution is 5.94. The Labute approximate surface area is 122 Å². The van der Waals surface area contributed by atoms with Gasteiger partial charge in [0.15, 0.2) is 0 Å². The fourth-order valence-electron chi connectivity index (χ4n) is 2.39. The number of aromatic nitrogens is 4. The van der Waals surface area contributed by atoms with Gasteiger partial charge in [0.1, 0.15) is 6.33 Å². The number of nitrogens with zero attached hydrogens (tertiary/aromatic N) is 5. The van der Waals surface area contributed by atoms with Crippen molar-refractivity contribution in [1.82, 2.24) is 30.4 Å². The van der Waals surface area contributed by atoms with E-state index in [0.29, 0.717) is 11.6 Å². The average molecular weight is 286 g/mol. The molecule has 21 heavy (non-hydrogen) atoms. The van der Waals surface area contributed by atoms with Crippen molar-refractivity contribution in [2.45, 2.75) is 19.4 Å². The Morgan fingerprint density at radius 3 is 2.67 bits per heavy atom. The van der Waals surface area contributed by atoms with E-state index in [9.17, 15) is 4.79 Å². The molecule has 7 heteroatoms. The van der Waals surface area contributed by atoms with Crippen LogP contribution < -0.4 is 5.32 Å². The molecule has 1 amide bonds. The smallest absolute Gasteiger partial charge is 0.254 e.